The second-order valence-corrected chi connectivity index (χ2v) is 4.57. The number of ether oxygens (including phenoxy) is 1. The molecule has 0 fully saturated rings. The predicted molar refractivity (Wildman–Crippen MR) is 72.9 cm³/mol. The molecule has 1 aromatic carbocycles. The maximum absolute atomic E-state index is 5.66. The second-order valence-electron chi connectivity index (χ2n) is 4.57. The molecular weight excluding hydrogens is 226 g/mol. The lowest BCUT2D eigenvalue weighted by Crippen LogP contribution is -2.06. The minimum Gasteiger partial charge on any atom is -0.491 e. The van der Waals surface area contributed by atoms with E-state index in [1.807, 2.05) is 32.2 Å². The minimum atomic E-state index is 0.202. The number of hydrogen-bond acceptors (Lipinski definition) is 3. The molecule has 0 aliphatic heterocycles. The zero-order chi connectivity index (χ0) is 13.0. The summed E-state index contributed by atoms with van der Waals surface area (Å²) in [7, 11) is 0. The molecule has 2 rings (SSSR count). The zero-order valence-corrected chi connectivity index (χ0v) is 11.0. The number of nitrogens with zero attached hydrogens (tertiary/aromatic N) is 1. The van der Waals surface area contributed by atoms with Crippen molar-refractivity contribution in [1.29, 1.82) is 0 Å². The molecule has 2 aromatic rings. The topological polar surface area (TPSA) is 49.9 Å². The number of hydrogen-bond donors (Lipinski definition) is 2. The van der Waals surface area contributed by atoms with E-state index < -0.39 is 0 Å². The predicted octanol–water partition coefficient (Wildman–Crippen LogP) is 3.12. The molecule has 4 heteroatoms. The van der Waals surface area contributed by atoms with Crippen molar-refractivity contribution >= 4 is 5.69 Å². The summed E-state index contributed by atoms with van der Waals surface area (Å²) >= 11 is 0. The third kappa shape index (κ3) is 3.26. The number of benzene rings is 1. The molecule has 0 amide bonds. The Hall–Kier alpha value is -1.97. The number of aromatic nitrogens is 2. The third-order valence-corrected chi connectivity index (χ3v) is 2.59. The van der Waals surface area contributed by atoms with Crippen LogP contribution < -0.4 is 10.1 Å². The number of nitrogens with one attached hydrogen (secondary N) is 2. The first-order chi connectivity index (χ1) is 8.65. The van der Waals surface area contributed by atoms with Crippen molar-refractivity contribution in [2.24, 2.45) is 0 Å². The molecule has 96 valence electrons. The molecule has 0 saturated heterocycles. The molecule has 0 bridgehead atoms. The summed E-state index contributed by atoms with van der Waals surface area (Å²) in [5.41, 5.74) is 3.35. The van der Waals surface area contributed by atoms with Crippen molar-refractivity contribution < 1.29 is 4.74 Å². The van der Waals surface area contributed by atoms with E-state index in [1.165, 1.54) is 5.56 Å². The first-order valence-electron chi connectivity index (χ1n) is 6.13. The Morgan fingerprint density at radius 2 is 2.22 bits per heavy atom. The molecule has 1 heterocycles. The van der Waals surface area contributed by atoms with Crippen molar-refractivity contribution in [2.75, 3.05) is 5.32 Å². The summed E-state index contributed by atoms with van der Waals surface area (Å²) in [5.74, 6) is 0.912. The number of rotatable bonds is 5. The van der Waals surface area contributed by atoms with Crippen molar-refractivity contribution in [2.45, 2.75) is 33.4 Å². The summed E-state index contributed by atoms with van der Waals surface area (Å²) < 4.78 is 5.66. The normalized spacial score (nSPS) is 10.7. The van der Waals surface area contributed by atoms with Gasteiger partial charge in [0.15, 0.2) is 0 Å². The number of aryl methyl sites for hydroxylation is 1. The van der Waals surface area contributed by atoms with E-state index in [2.05, 4.69) is 28.3 Å². The smallest absolute Gasteiger partial charge is 0.120 e. The Labute approximate surface area is 107 Å². The van der Waals surface area contributed by atoms with E-state index in [0.717, 1.165) is 23.7 Å². The fourth-order valence-electron chi connectivity index (χ4n) is 1.75. The van der Waals surface area contributed by atoms with Crippen LogP contribution in [0.5, 0.6) is 5.75 Å². The molecule has 2 N–H and O–H groups in total. The number of H-pyrrole nitrogens is 1. The highest BCUT2D eigenvalue weighted by Crippen LogP contribution is 2.22. The summed E-state index contributed by atoms with van der Waals surface area (Å²) in [6, 6.07) is 6.08. The standard InChI is InChI=1S/C14H19N3O/c1-10(2)18-13-4-5-14(11(3)6-13)16-8-12-7-15-9-17-12/h4-7,9-10,16H,8H2,1-3H3,(H,15,17). The van der Waals surface area contributed by atoms with Gasteiger partial charge in [-0.25, -0.2) is 4.98 Å². The largest absolute Gasteiger partial charge is 0.491 e. The van der Waals surface area contributed by atoms with E-state index in [-0.39, 0.29) is 6.10 Å². The Kier molecular flexibility index (Phi) is 3.87. The highest BCUT2D eigenvalue weighted by atomic mass is 16.5. The van der Waals surface area contributed by atoms with Gasteiger partial charge in [0.25, 0.3) is 0 Å². The monoisotopic (exact) mass is 245 g/mol. The molecule has 0 saturated carbocycles. The van der Waals surface area contributed by atoms with Crippen molar-refractivity contribution in [1.82, 2.24) is 9.97 Å². The van der Waals surface area contributed by atoms with Crippen LogP contribution in [0.1, 0.15) is 25.1 Å². The van der Waals surface area contributed by atoms with Gasteiger partial charge >= 0.3 is 0 Å². The summed E-state index contributed by atoms with van der Waals surface area (Å²) in [4.78, 5) is 7.05. The quantitative estimate of drug-likeness (QED) is 0.851. The fourth-order valence-corrected chi connectivity index (χ4v) is 1.75. The van der Waals surface area contributed by atoms with Gasteiger partial charge in [-0.2, -0.15) is 0 Å². The summed E-state index contributed by atoms with van der Waals surface area (Å²) in [5, 5.41) is 3.37. The molecule has 0 spiro atoms. The zero-order valence-electron chi connectivity index (χ0n) is 11.0. The molecule has 18 heavy (non-hydrogen) atoms. The van der Waals surface area contributed by atoms with E-state index in [1.54, 1.807) is 6.33 Å². The van der Waals surface area contributed by atoms with Crippen LogP contribution in [0.15, 0.2) is 30.7 Å². The minimum absolute atomic E-state index is 0.202. The first-order valence-corrected chi connectivity index (χ1v) is 6.13. The van der Waals surface area contributed by atoms with Gasteiger partial charge in [0.2, 0.25) is 0 Å². The van der Waals surface area contributed by atoms with Crippen LogP contribution in [-0.2, 0) is 6.54 Å². The van der Waals surface area contributed by atoms with Gasteiger partial charge in [0.1, 0.15) is 5.75 Å². The molecule has 0 radical (unpaired) electrons. The van der Waals surface area contributed by atoms with Gasteiger partial charge < -0.3 is 15.0 Å². The Morgan fingerprint density at radius 3 is 2.83 bits per heavy atom. The van der Waals surface area contributed by atoms with Crippen LogP contribution in [0, 0.1) is 6.92 Å². The summed E-state index contributed by atoms with van der Waals surface area (Å²) in [6.07, 6.45) is 3.70. The van der Waals surface area contributed by atoms with Crippen LogP contribution in [0.4, 0.5) is 5.69 Å². The van der Waals surface area contributed by atoms with Gasteiger partial charge in [0, 0.05) is 11.9 Å². The number of aromatic amines is 1. The van der Waals surface area contributed by atoms with Crippen LogP contribution in [0.2, 0.25) is 0 Å². The lowest BCUT2D eigenvalue weighted by atomic mass is 10.2. The molecule has 0 atom stereocenters. The fraction of sp³-hybridized carbons (Fsp3) is 0.357. The lowest BCUT2D eigenvalue weighted by molar-refractivity contribution is 0.242. The van der Waals surface area contributed by atoms with Crippen LogP contribution in [-0.4, -0.2) is 16.1 Å². The van der Waals surface area contributed by atoms with E-state index >= 15 is 0 Å². The summed E-state index contributed by atoms with van der Waals surface area (Å²) in [6.45, 7) is 6.87. The van der Waals surface area contributed by atoms with Crippen molar-refractivity contribution in [3.05, 3.63) is 42.0 Å². The van der Waals surface area contributed by atoms with Crippen molar-refractivity contribution in [3.8, 4) is 5.75 Å². The maximum Gasteiger partial charge on any atom is 0.120 e. The van der Waals surface area contributed by atoms with Crippen LogP contribution >= 0.6 is 0 Å². The van der Waals surface area contributed by atoms with E-state index in [4.69, 9.17) is 4.74 Å². The third-order valence-electron chi connectivity index (χ3n) is 2.59. The number of imidazole rings is 1. The van der Waals surface area contributed by atoms with Crippen molar-refractivity contribution in [3.63, 3.8) is 0 Å². The SMILES string of the molecule is Cc1cc(OC(C)C)ccc1NCc1cnc[nH]1. The highest BCUT2D eigenvalue weighted by Gasteiger charge is 2.03. The molecule has 0 aliphatic carbocycles. The van der Waals surface area contributed by atoms with Crippen LogP contribution in [0.3, 0.4) is 0 Å². The van der Waals surface area contributed by atoms with Gasteiger partial charge in [-0.05, 0) is 44.5 Å². The van der Waals surface area contributed by atoms with Gasteiger partial charge in [-0.15, -0.1) is 0 Å². The first kappa shape index (κ1) is 12.5. The Bertz CT molecular complexity index is 492. The molecular formula is C14H19N3O. The molecule has 4 nitrogen and oxygen atoms in total. The highest BCUT2D eigenvalue weighted by molar-refractivity contribution is 5.53. The maximum atomic E-state index is 5.66. The van der Waals surface area contributed by atoms with E-state index in [9.17, 15) is 0 Å². The van der Waals surface area contributed by atoms with Gasteiger partial charge in [0.05, 0.1) is 24.7 Å². The van der Waals surface area contributed by atoms with Gasteiger partial charge in [-0.3, -0.25) is 0 Å². The molecule has 0 aliphatic rings. The average Bonchev–Trinajstić information content (AvgIpc) is 2.80. The van der Waals surface area contributed by atoms with E-state index in [0.29, 0.717) is 0 Å². The number of anilines is 1. The molecule has 1 aromatic heterocycles. The van der Waals surface area contributed by atoms with Crippen LogP contribution in [0.25, 0.3) is 0 Å². The molecule has 0 unspecified atom stereocenters. The Morgan fingerprint density at radius 1 is 1.39 bits per heavy atom. The lowest BCUT2D eigenvalue weighted by Gasteiger charge is -2.13. The van der Waals surface area contributed by atoms with Gasteiger partial charge in [-0.1, -0.05) is 0 Å². The average molecular weight is 245 g/mol. The Balaban J connectivity index is 2.01. The second kappa shape index (κ2) is 5.58.